The summed E-state index contributed by atoms with van der Waals surface area (Å²) in [6.45, 7) is 7.91. The minimum atomic E-state index is -1.43. The maximum absolute atomic E-state index is 8.66. The Balaban J connectivity index is 1.96. The van der Waals surface area contributed by atoms with Crippen molar-refractivity contribution in [2.75, 3.05) is 0 Å². The van der Waals surface area contributed by atoms with Crippen molar-refractivity contribution in [2.45, 2.75) is 34.1 Å². The maximum Gasteiger partial charge on any atom is 0.212 e. The second-order valence-electron chi connectivity index (χ2n) is 7.98. The van der Waals surface area contributed by atoms with Gasteiger partial charge in [0.1, 0.15) is 12.7 Å². The number of imidazole rings is 1. The lowest BCUT2D eigenvalue weighted by molar-refractivity contribution is -0.660. The highest BCUT2D eigenvalue weighted by Crippen LogP contribution is 2.29. The fourth-order valence-electron chi connectivity index (χ4n) is 3.44. The molecule has 0 fully saturated rings. The molecule has 0 unspecified atom stereocenters. The fraction of sp³-hybridized carbons (Fsp3) is 0.304. The van der Waals surface area contributed by atoms with Crippen LogP contribution >= 0.6 is 0 Å². The van der Waals surface area contributed by atoms with Crippen LogP contribution in [0.5, 0.6) is 0 Å². The molecule has 0 aliphatic carbocycles. The highest BCUT2D eigenvalue weighted by Gasteiger charge is 2.18. The number of aromatic nitrogens is 3. The van der Waals surface area contributed by atoms with Gasteiger partial charge in [0.05, 0.1) is 16.6 Å². The molecule has 0 bridgehead atoms. The Labute approximate surface area is 157 Å². The van der Waals surface area contributed by atoms with Gasteiger partial charge < -0.3 is 0 Å². The van der Waals surface area contributed by atoms with Crippen molar-refractivity contribution in [3.63, 3.8) is 0 Å². The number of aryl methyl sites for hydroxylation is 2. The molecule has 0 radical (unpaired) electrons. The van der Waals surface area contributed by atoms with E-state index >= 15 is 0 Å². The molecular formula is C23H26N3+. The highest BCUT2D eigenvalue weighted by molar-refractivity contribution is 5.86. The van der Waals surface area contributed by atoms with Crippen LogP contribution in [0, 0.1) is 12.3 Å². The van der Waals surface area contributed by atoms with Crippen LogP contribution in [0.3, 0.4) is 0 Å². The lowest BCUT2D eigenvalue weighted by Gasteiger charge is -2.18. The normalized spacial score (nSPS) is 13.9. The lowest BCUT2D eigenvalue weighted by atomic mass is 9.88. The Hall–Kier alpha value is -2.68. The van der Waals surface area contributed by atoms with Gasteiger partial charge in [0.25, 0.3) is 0 Å². The minimum absolute atomic E-state index is 0.495. The zero-order valence-corrected chi connectivity index (χ0v) is 16.0. The van der Waals surface area contributed by atoms with E-state index in [4.69, 9.17) is 7.73 Å². The van der Waals surface area contributed by atoms with Gasteiger partial charge in [-0.2, -0.15) is 0 Å². The van der Waals surface area contributed by atoms with Gasteiger partial charge in [-0.05, 0) is 54.1 Å². The summed E-state index contributed by atoms with van der Waals surface area (Å²) in [5, 5.41) is 0. The summed E-state index contributed by atoms with van der Waals surface area (Å²) in [4.78, 5) is 4.72. The monoisotopic (exact) mass is 346 g/mol. The summed E-state index contributed by atoms with van der Waals surface area (Å²) in [6.07, 6.45) is 2.54. The molecule has 3 heteroatoms. The summed E-state index contributed by atoms with van der Waals surface area (Å²) in [5.74, 6) is 0. The van der Waals surface area contributed by atoms with E-state index < -0.39 is 11.8 Å². The summed E-state index contributed by atoms with van der Waals surface area (Å²) in [5.41, 5.74) is 6.37. The van der Waals surface area contributed by atoms with E-state index in [1.54, 1.807) is 0 Å². The Morgan fingerprint density at radius 2 is 1.96 bits per heavy atom. The van der Waals surface area contributed by atoms with Crippen LogP contribution in [0.2, 0.25) is 0 Å². The zero-order valence-electron chi connectivity index (χ0n) is 18.0. The predicted octanol–water partition coefficient (Wildman–Crippen LogP) is 4.88. The van der Waals surface area contributed by atoms with E-state index in [-0.39, 0.29) is 0 Å². The Kier molecular flexibility index (Phi) is 3.31. The third-order valence-corrected chi connectivity index (χ3v) is 4.60. The van der Waals surface area contributed by atoms with Crippen LogP contribution in [0.1, 0.15) is 34.6 Å². The third-order valence-electron chi connectivity index (χ3n) is 4.60. The van der Waals surface area contributed by atoms with Crippen LogP contribution in [0.25, 0.3) is 27.9 Å². The SMILES string of the molecule is [2H]C([2H])(c1cc[n+](C)c(-c2cc3c(cc2C)nc2ccccn23)c1)C(C)(C)C. The molecule has 0 N–H and O–H groups in total. The Bertz CT molecular complexity index is 1200. The van der Waals surface area contributed by atoms with E-state index in [9.17, 15) is 0 Å². The van der Waals surface area contributed by atoms with Crippen LogP contribution < -0.4 is 4.57 Å². The van der Waals surface area contributed by atoms with Gasteiger partial charge in [-0.1, -0.05) is 26.8 Å². The van der Waals surface area contributed by atoms with E-state index in [1.165, 1.54) is 0 Å². The first-order chi connectivity index (χ1) is 13.1. The van der Waals surface area contributed by atoms with E-state index in [1.807, 2.05) is 70.5 Å². The van der Waals surface area contributed by atoms with Crippen molar-refractivity contribution >= 4 is 16.7 Å². The highest BCUT2D eigenvalue weighted by atomic mass is 15.0. The van der Waals surface area contributed by atoms with Crippen LogP contribution in [-0.4, -0.2) is 9.38 Å². The topological polar surface area (TPSA) is 21.2 Å². The smallest absolute Gasteiger partial charge is 0.212 e. The summed E-state index contributed by atoms with van der Waals surface area (Å²) in [6, 6.07) is 14.2. The molecule has 26 heavy (non-hydrogen) atoms. The van der Waals surface area contributed by atoms with E-state index in [2.05, 4.69) is 28.0 Å². The van der Waals surface area contributed by atoms with Gasteiger partial charge in [-0.25, -0.2) is 9.55 Å². The van der Waals surface area contributed by atoms with Crippen LogP contribution in [-0.2, 0) is 13.4 Å². The van der Waals surface area contributed by atoms with E-state index in [0.29, 0.717) is 5.56 Å². The second kappa shape index (κ2) is 5.94. The quantitative estimate of drug-likeness (QED) is 0.474. The Morgan fingerprint density at radius 1 is 1.15 bits per heavy atom. The van der Waals surface area contributed by atoms with Gasteiger partial charge in [-0.15, -0.1) is 0 Å². The maximum atomic E-state index is 8.66. The van der Waals surface area contributed by atoms with E-state index in [0.717, 1.165) is 33.5 Å². The third kappa shape index (κ3) is 2.98. The van der Waals surface area contributed by atoms with Crippen molar-refractivity contribution < 1.29 is 7.31 Å². The largest absolute Gasteiger partial charge is 0.300 e. The number of hydrogen-bond acceptors (Lipinski definition) is 1. The van der Waals surface area contributed by atoms with Gasteiger partial charge in [-0.3, -0.25) is 4.40 Å². The summed E-state index contributed by atoms with van der Waals surface area (Å²) < 4.78 is 21.5. The number of fused-ring (bicyclic) bond motifs is 3. The average molecular weight is 346 g/mol. The molecule has 3 heterocycles. The molecule has 0 saturated heterocycles. The molecule has 0 amide bonds. The number of rotatable bonds is 2. The molecule has 0 spiro atoms. The molecule has 3 aromatic heterocycles. The van der Waals surface area contributed by atoms with Crippen LogP contribution in [0.4, 0.5) is 0 Å². The summed E-state index contributed by atoms with van der Waals surface area (Å²) in [7, 11) is 2.00. The first-order valence-corrected chi connectivity index (χ1v) is 8.97. The molecule has 0 aliphatic rings. The van der Waals surface area contributed by atoms with Gasteiger partial charge in [0.15, 0.2) is 6.20 Å². The number of nitrogens with zero attached hydrogens (tertiary/aromatic N) is 3. The predicted molar refractivity (Wildman–Crippen MR) is 107 cm³/mol. The number of benzene rings is 1. The molecule has 0 saturated carbocycles. The van der Waals surface area contributed by atoms with Crippen molar-refractivity contribution in [3.05, 3.63) is 66.0 Å². The number of hydrogen-bond donors (Lipinski definition) is 0. The van der Waals surface area contributed by atoms with Gasteiger partial charge in [0.2, 0.25) is 5.69 Å². The van der Waals surface area contributed by atoms with Crippen molar-refractivity contribution in [3.8, 4) is 11.3 Å². The first-order valence-electron chi connectivity index (χ1n) is 9.97. The molecule has 0 aliphatic heterocycles. The molecule has 1 aromatic carbocycles. The summed E-state index contributed by atoms with van der Waals surface area (Å²) >= 11 is 0. The van der Waals surface area contributed by atoms with Gasteiger partial charge >= 0.3 is 0 Å². The van der Waals surface area contributed by atoms with Crippen molar-refractivity contribution in [2.24, 2.45) is 12.5 Å². The zero-order chi connectivity index (χ0) is 20.3. The number of pyridine rings is 2. The fourth-order valence-corrected chi connectivity index (χ4v) is 3.44. The second-order valence-corrected chi connectivity index (χ2v) is 7.98. The molecule has 4 rings (SSSR count). The molecule has 132 valence electrons. The lowest BCUT2D eigenvalue weighted by Crippen LogP contribution is -2.31. The van der Waals surface area contributed by atoms with Crippen LogP contribution in [0.15, 0.2) is 54.9 Å². The Morgan fingerprint density at radius 3 is 2.73 bits per heavy atom. The standard InChI is InChI=1S/C23H26N3/c1-16-12-19-21(26-10-7-6-8-22(26)24-19)14-18(16)20-13-17(9-11-25(20)5)15-23(2,3)4/h6-14H,15H2,1-5H3/q+1/i15D2. The molecule has 0 atom stereocenters. The average Bonchev–Trinajstić information content (AvgIpc) is 2.97. The first kappa shape index (κ1) is 14.5. The molecule has 3 nitrogen and oxygen atoms in total. The van der Waals surface area contributed by atoms with Crippen molar-refractivity contribution in [1.82, 2.24) is 9.38 Å². The molecular weight excluding hydrogens is 318 g/mol. The minimum Gasteiger partial charge on any atom is -0.300 e. The molecule has 4 aromatic rings. The van der Waals surface area contributed by atoms with Gasteiger partial charge in [0, 0.05) is 21.1 Å². The van der Waals surface area contributed by atoms with Crippen molar-refractivity contribution in [1.29, 1.82) is 0 Å².